The van der Waals surface area contributed by atoms with Crippen molar-refractivity contribution in [1.29, 1.82) is 0 Å². The Kier molecular flexibility index (Phi) is 3.86. The van der Waals surface area contributed by atoms with Gasteiger partial charge in [-0.25, -0.2) is 0 Å². The molecule has 6 heteroatoms. The smallest absolute Gasteiger partial charge is 0.409 e. The van der Waals surface area contributed by atoms with E-state index in [4.69, 9.17) is 18.6 Å². The molecule has 2 heterocycles. The molecule has 1 atom stereocenters. The lowest BCUT2D eigenvalue weighted by atomic mass is 9.73. The second-order valence-electron chi connectivity index (χ2n) is 4.85. The van der Waals surface area contributed by atoms with Crippen molar-refractivity contribution in [2.24, 2.45) is 5.92 Å². The van der Waals surface area contributed by atoms with Crippen LogP contribution in [-0.4, -0.2) is 40.7 Å². The number of allylic oxidation sites excluding steroid dienone is 1. The molecular formula is C11H18B2O4. The molecule has 4 nitrogen and oxygen atoms in total. The predicted molar refractivity (Wildman–Crippen MR) is 65.5 cm³/mol. The molecule has 3 aliphatic rings. The zero-order valence-corrected chi connectivity index (χ0v) is 10.1. The summed E-state index contributed by atoms with van der Waals surface area (Å²) in [5.41, 5.74) is 1.47. The molecule has 3 rings (SSSR count). The quantitative estimate of drug-likeness (QED) is 0.692. The van der Waals surface area contributed by atoms with Crippen molar-refractivity contribution in [1.82, 2.24) is 0 Å². The van der Waals surface area contributed by atoms with Crippen molar-refractivity contribution in [3.63, 3.8) is 0 Å². The van der Waals surface area contributed by atoms with Gasteiger partial charge >= 0.3 is 14.2 Å². The van der Waals surface area contributed by atoms with E-state index in [1.165, 1.54) is 24.8 Å². The largest absolute Gasteiger partial charge is 0.486 e. The lowest BCUT2D eigenvalue weighted by molar-refractivity contribution is 0.364. The predicted octanol–water partition coefficient (Wildman–Crippen LogP) is 1.32. The van der Waals surface area contributed by atoms with Gasteiger partial charge in [-0.2, -0.15) is 0 Å². The van der Waals surface area contributed by atoms with E-state index in [2.05, 4.69) is 5.98 Å². The molecular weight excluding hydrogens is 218 g/mol. The van der Waals surface area contributed by atoms with E-state index in [1.54, 1.807) is 0 Å². The Hall–Kier alpha value is -0.290. The zero-order chi connectivity index (χ0) is 11.5. The molecule has 0 N–H and O–H groups in total. The highest BCUT2D eigenvalue weighted by Crippen LogP contribution is 2.35. The third kappa shape index (κ3) is 2.94. The van der Waals surface area contributed by atoms with Crippen molar-refractivity contribution in [2.45, 2.75) is 25.6 Å². The van der Waals surface area contributed by atoms with E-state index in [9.17, 15) is 0 Å². The monoisotopic (exact) mass is 236 g/mol. The summed E-state index contributed by atoms with van der Waals surface area (Å²) in [5.74, 6) is 2.76. The lowest BCUT2D eigenvalue weighted by Crippen LogP contribution is -2.19. The summed E-state index contributed by atoms with van der Waals surface area (Å²) >= 11 is 0. The fraction of sp³-hybridized carbons (Fsp3) is 0.818. The standard InChI is InChI=1S/C11H18B2O4/c1-2-10(8-12-14-4-5-15-12)11(3-1)9-13-16-6-7-17-13/h8,11H,1-7,9H2/b10-8-. The maximum absolute atomic E-state index is 5.52. The number of hydrogen-bond donors (Lipinski definition) is 0. The molecule has 0 aromatic carbocycles. The molecule has 0 aromatic heterocycles. The molecule has 2 aliphatic heterocycles. The summed E-state index contributed by atoms with van der Waals surface area (Å²) in [6.45, 7) is 2.92. The van der Waals surface area contributed by atoms with E-state index >= 15 is 0 Å². The Bertz CT molecular complexity index is 285. The van der Waals surface area contributed by atoms with Crippen molar-refractivity contribution in [2.75, 3.05) is 26.4 Å². The summed E-state index contributed by atoms with van der Waals surface area (Å²) in [7, 11) is -0.108. The Balaban J connectivity index is 1.58. The summed E-state index contributed by atoms with van der Waals surface area (Å²) in [5, 5.41) is 0. The first-order chi connectivity index (χ1) is 8.42. The van der Waals surface area contributed by atoms with Crippen molar-refractivity contribution < 1.29 is 18.6 Å². The maximum atomic E-state index is 5.52. The van der Waals surface area contributed by atoms with Gasteiger partial charge in [-0.15, -0.1) is 0 Å². The highest BCUT2D eigenvalue weighted by molar-refractivity contribution is 6.51. The Morgan fingerprint density at radius 3 is 2.53 bits per heavy atom. The van der Waals surface area contributed by atoms with E-state index in [0.29, 0.717) is 19.1 Å². The van der Waals surface area contributed by atoms with Crippen LogP contribution >= 0.6 is 0 Å². The minimum absolute atomic E-state index is 0.00640. The number of hydrogen-bond acceptors (Lipinski definition) is 4. The van der Waals surface area contributed by atoms with Gasteiger partial charge in [-0.3, -0.25) is 0 Å². The fourth-order valence-corrected chi connectivity index (χ4v) is 2.85. The van der Waals surface area contributed by atoms with Crippen LogP contribution in [-0.2, 0) is 18.6 Å². The Labute approximate surface area is 103 Å². The lowest BCUT2D eigenvalue weighted by Gasteiger charge is -2.13. The van der Waals surface area contributed by atoms with Gasteiger partial charge in [0.15, 0.2) is 0 Å². The first-order valence-corrected chi connectivity index (χ1v) is 6.59. The van der Waals surface area contributed by atoms with Crippen LogP contribution in [0, 0.1) is 5.92 Å². The maximum Gasteiger partial charge on any atom is 0.486 e. The van der Waals surface area contributed by atoms with Gasteiger partial charge in [0.2, 0.25) is 0 Å². The normalized spacial score (nSPS) is 32.0. The molecule has 1 aliphatic carbocycles. The Morgan fingerprint density at radius 2 is 1.76 bits per heavy atom. The van der Waals surface area contributed by atoms with Gasteiger partial charge in [-0.05, 0) is 31.5 Å². The first kappa shape index (κ1) is 11.8. The average molecular weight is 236 g/mol. The van der Waals surface area contributed by atoms with Crippen molar-refractivity contribution in [3.05, 3.63) is 11.5 Å². The van der Waals surface area contributed by atoms with Crippen LogP contribution in [0.3, 0.4) is 0 Å². The SMILES string of the molecule is C(/B1OCCO1)=C1\CCCC1CB1OCCO1. The third-order valence-electron chi connectivity index (χ3n) is 3.71. The van der Waals surface area contributed by atoms with E-state index in [-0.39, 0.29) is 14.2 Å². The molecule has 1 unspecified atom stereocenters. The Morgan fingerprint density at radius 1 is 1.06 bits per heavy atom. The van der Waals surface area contributed by atoms with Crippen LogP contribution in [0.15, 0.2) is 11.5 Å². The topological polar surface area (TPSA) is 36.9 Å². The number of rotatable bonds is 3. The van der Waals surface area contributed by atoms with E-state index in [0.717, 1.165) is 19.5 Å². The van der Waals surface area contributed by atoms with Crippen molar-refractivity contribution in [3.8, 4) is 0 Å². The minimum atomic E-state index is -0.115. The van der Waals surface area contributed by atoms with Crippen LogP contribution in [0.4, 0.5) is 0 Å². The highest BCUT2D eigenvalue weighted by atomic mass is 16.6. The minimum Gasteiger partial charge on any atom is -0.409 e. The van der Waals surface area contributed by atoms with Gasteiger partial charge in [0.1, 0.15) is 0 Å². The highest BCUT2D eigenvalue weighted by Gasteiger charge is 2.33. The van der Waals surface area contributed by atoms with Gasteiger partial charge in [-0.1, -0.05) is 11.5 Å². The van der Waals surface area contributed by atoms with Crippen LogP contribution in [0.25, 0.3) is 0 Å². The summed E-state index contributed by atoms with van der Waals surface area (Å²) < 4.78 is 22.0. The van der Waals surface area contributed by atoms with E-state index < -0.39 is 0 Å². The van der Waals surface area contributed by atoms with Crippen LogP contribution in [0.2, 0.25) is 6.32 Å². The summed E-state index contributed by atoms with van der Waals surface area (Å²) in [6, 6.07) is 0. The molecule has 0 aromatic rings. The first-order valence-electron chi connectivity index (χ1n) is 6.59. The molecule has 1 saturated carbocycles. The van der Waals surface area contributed by atoms with E-state index in [1.807, 2.05) is 0 Å². The third-order valence-corrected chi connectivity index (χ3v) is 3.71. The molecule has 92 valence electrons. The molecule has 0 spiro atoms. The second kappa shape index (κ2) is 5.57. The van der Waals surface area contributed by atoms with Crippen LogP contribution in [0.1, 0.15) is 19.3 Å². The average Bonchev–Trinajstić information content (AvgIpc) is 3.04. The van der Waals surface area contributed by atoms with Gasteiger partial charge in [0.05, 0.1) is 26.4 Å². The van der Waals surface area contributed by atoms with Crippen LogP contribution in [0.5, 0.6) is 0 Å². The summed E-state index contributed by atoms with van der Waals surface area (Å²) in [6.07, 6.45) is 4.65. The van der Waals surface area contributed by atoms with Gasteiger partial charge in [0, 0.05) is 0 Å². The summed E-state index contributed by atoms with van der Waals surface area (Å²) in [4.78, 5) is 0. The molecule has 0 radical (unpaired) electrons. The van der Waals surface area contributed by atoms with Gasteiger partial charge in [0.25, 0.3) is 0 Å². The molecule has 17 heavy (non-hydrogen) atoms. The zero-order valence-electron chi connectivity index (χ0n) is 10.1. The second-order valence-corrected chi connectivity index (χ2v) is 4.85. The van der Waals surface area contributed by atoms with Crippen LogP contribution < -0.4 is 0 Å². The molecule has 0 bridgehead atoms. The molecule has 2 saturated heterocycles. The fourth-order valence-electron chi connectivity index (χ4n) is 2.85. The molecule has 0 amide bonds. The van der Waals surface area contributed by atoms with Crippen molar-refractivity contribution >= 4 is 14.2 Å². The molecule has 3 fully saturated rings. The van der Waals surface area contributed by atoms with Gasteiger partial charge < -0.3 is 18.6 Å².